The van der Waals surface area contributed by atoms with E-state index in [1.165, 1.54) is 0 Å². The number of nitrogens with one attached hydrogen (secondary N) is 1. The number of carbonyl (C=O) groups is 2. The fourth-order valence-corrected chi connectivity index (χ4v) is 3.29. The molecule has 6 heteroatoms. The van der Waals surface area contributed by atoms with E-state index in [1.807, 2.05) is 37.3 Å². The second-order valence-corrected chi connectivity index (χ2v) is 6.91. The molecule has 2 rings (SSSR count). The van der Waals surface area contributed by atoms with Gasteiger partial charge >= 0.3 is 0 Å². The smallest absolute Gasteiger partial charge is 0.232 e. The van der Waals surface area contributed by atoms with Gasteiger partial charge in [0.25, 0.3) is 0 Å². The Hall–Kier alpha value is -1.95. The number of amides is 2. The summed E-state index contributed by atoms with van der Waals surface area (Å²) in [6.07, 6.45) is 5.13. The Bertz CT molecular complexity index is 611. The lowest BCUT2D eigenvalue weighted by molar-refractivity contribution is -0.119. The van der Waals surface area contributed by atoms with Crippen LogP contribution in [0.25, 0.3) is 0 Å². The number of hydrogen-bond acceptors (Lipinski definition) is 3. The maximum atomic E-state index is 11.7. The van der Waals surface area contributed by atoms with Gasteiger partial charge in [-0.3, -0.25) is 13.8 Å². The van der Waals surface area contributed by atoms with Crippen molar-refractivity contribution in [3.8, 4) is 0 Å². The molecule has 0 aromatic heterocycles. The molecule has 1 fully saturated rings. The highest BCUT2D eigenvalue weighted by atomic mass is 32.2. The van der Waals surface area contributed by atoms with Crippen molar-refractivity contribution in [3.63, 3.8) is 0 Å². The summed E-state index contributed by atoms with van der Waals surface area (Å²) in [6, 6.07) is 7.60. The van der Waals surface area contributed by atoms with E-state index >= 15 is 0 Å². The highest BCUT2D eigenvalue weighted by molar-refractivity contribution is 7.85. The van der Waals surface area contributed by atoms with Gasteiger partial charge in [0.2, 0.25) is 11.8 Å². The lowest BCUT2D eigenvalue weighted by Gasteiger charge is -2.16. The van der Waals surface area contributed by atoms with Gasteiger partial charge in [-0.25, -0.2) is 0 Å². The number of hydrogen-bond donors (Lipinski definition) is 1. The van der Waals surface area contributed by atoms with E-state index < -0.39 is 10.8 Å². The van der Waals surface area contributed by atoms with Crippen LogP contribution < -0.4 is 10.2 Å². The lowest BCUT2D eigenvalue weighted by Crippen LogP contribution is -2.28. The zero-order chi connectivity index (χ0) is 16.7. The van der Waals surface area contributed by atoms with Crippen LogP contribution in [0, 0.1) is 0 Å². The summed E-state index contributed by atoms with van der Waals surface area (Å²) in [6.45, 7) is 3.03. The van der Waals surface area contributed by atoms with Gasteiger partial charge in [-0.2, -0.15) is 0 Å². The summed E-state index contributed by atoms with van der Waals surface area (Å²) < 4.78 is 11.6. The summed E-state index contributed by atoms with van der Waals surface area (Å²) >= 11 is 0. The van der Waals surface area contributed by atoms with E-state index in [0.29, 0.717) is 18.7 Å². The van der Waals surface area contributed by atoms with Crippen LogP contribution in [0.1, 0.15) is 25.3 Å². The number of carbonyl (C=O) groups excluding carboxylic acids is 2. The minimum Gasteiger partial charge on any atom is -0.351 e. The Labute approximate surface area is 139 Å². The van der Waals surface area contributed by atoms with Crippen LogP contribution >= 0.6 is 0 Å². The molecule has 0 bridgehead atoms. The Kier molecular flexibility index (Phi) is 6.52. The molecule has 2 amide bonds. The Balaban J connectivity index is 1.81. The third-order valence-electron chi connectivity index (χ3n) is 3.62. The summed E-state index contributed by atoms with van der Waals surface area (Å²) in [5.41, 5.74) is 1.85. The number of rotatable bonds is 7. The average molecular weight is 334 g/mol. The normalized spacial score (nSPS) is 16.0. The summed E-state index contributed by atoms with van der Waals surface area (Å²) in [4.78, 5) is 25.2. The first-order valence-corrected chi connectivity index (χ1v) is 9.21. The zero-order valence-corrected chi connectivity index (χ0v) is 14.1. The van der Waals surface area contributed by atoms with E-state index in [2.05, 4.69) is 5.32 Å². The molecule has 23 heavy (non-hydrogen) atoms. The largest absolute Gasteiger partial charge is 0.351 e. The first kappa shape index (κ1) is 17.4. The first-order valence-electron chi connectivity index (χ1n) is 7.72. The van der Waals surface area contributed by atoms with Gasteiger partial charge in [0, 0.05) is 41.8 Å². The molecule has 1 aliphatic rings. The van der Waals surface area contributed by atoms with Crippen LogP contribution in [0.4, 0.5) is 5.69 Å². The van der Waals surface area contributed by atoms with E-state index in [1.54, 1.807) is 11.0 Å². The predicted molar refractivity (Wildman–Crippen MR) is 92.6 cm³/mol. The van der Waals surface area contributed by atoms with Crippen molar-refractivity contribution in [3.05, 3.63) is 42.0 Å². The van der Waals surface area contributed by atoms with Gasteiger partial charge < -0.3 is 10.2 Å². The van der Waals surface area contributed by atoms with Crippen LogP contribution in [0.2, 0.25) is 0 Å². The topological polar surface area (TPSA) is 66.5 Å². The first-order chi connectivity index (χ1) is 11.1. The second kappa shape index (κ2) is 8.62. The third kappa shape index (κ3) is 5.32. The van der Waals surface area contributed by atoms with Crippen LogP contribution in [0.5, 0.6) is 0 Å². The molecule has 1 N–H and O–H groups in total. The molecule has 1 heterocycles. The van der Waals surface area contributed by atoms with E-state index in [-0.39, 0.29) is 17.6 Å². The standard InChI is InChI=1S/C17H22N2O3S/c1-2-3-11-23(22)13-16(20)18-12-14-6-8-15(9-7-14)19-10-4-5-17(19)21/h2-3,6-9H,4-5,10-13H2,1H3,(H,18,20). The Morgan fingerprint density at radius 2 is 2.09 bits per heavy atom. The molecule has 1 atom stereocenters. The zero-order valence-electron chi connectivity index (χ0n) is 13.3. The minimum atomic E-state index is -1.16. The fourth-order valence-electron chi connectivity index (χ4n) is 2.38. The average Bonchev–Trinajstić information content (AvgIpc) is 2.97. The highest BCUT2D eigenvalue weighted by Gasteiger charge is 2.21. The maximum absolute atomic E-state index is 11.7. The molecule has 1 aromatic rings. The summed E-state index contributed by atoms with van der Waals surface area (Å²) in [5.74, 6) is 0.369. The van der Waals surface area contributed by atoms with Gasteiger partial charge in [-0.1, -0.05) is 24.3 Å². The monoisotopic (exact) mass is 334 g/mol. The summed E-state index contributed by atoms with van der Waals surface area (Å²) in [5, 5.41) is 2.77. The quantitative estimate of drug-likeness (QED) is 0.773. The molecule has 1 unspecified atom stereocenters. The molecule has 1 aliphatic heterocycles. The molecule has 1 aromatic carbocycles. The second-order valence-electron chi connectivity index (χ2n) is 5.41. The van der Waals surface area contributed by atoms with Gasteiger partial charge in [0.05, 0.1) is 0 Å². The molecular weight excluding hydrogens is 312 g/mol. The van der Waals surface area contributed by atoms with E-state index in [0.717, 1.165) is 24.2 Å². The molecule has 0 radical (unpaired) electrons. The van der Waals surface area contributed by atoms with Crippen molar-refractivity contribution < 1.29 is 13.8 Å². The number of anilines is 1. The number of nitrogens with zero attached hydrogens (tertiary/aromatic N) is 1. The van der Waals surface area contributed by atoms with Gasteiger partial charge in [-0.05, 0) is 31.0 Å². The molecule has 124 valence electrons. The van der Waals surface area contributed by atoms with E-state index in [9.17, 15) is 13.8 Å². The van der Waals surface area contributed by atoms with Crippen molar-refractivity contribution >= 4 is 28.3 Å². The fraction of sp³-hybridized carbons (Fsp3) is 0.412. The van der Waals surface area contributed by atoms with Crippen molar-refractivity contribution in [2.75, 3.05) is 23.0 Å². The van der Waals surface area contributed by atoms with Crippen molar-refractivity contribution in [2.45, 2.75) is 26.3 Å². The highest BCUT2D eigenvalue weighted by Crippen LogP contribution is 2.21. The summed E-state index contributed by atoms with van der Waals surface area (Å²) in [7, 11) is -1.16. The number of benzene rings is 1. The predicted octanol–water partition coefficient (Wildman–Crippen LogP) is 1.75. The van der Waals surface area contributed by atoms with Crippen LogP contribution in [0.15, 0.2) is 36.4 Å². The Morgan fingerprint density at radius 1 is 1.35 bits per heavy atom. The Morgan fingerprint density at radius 3 is 2.70 bits per heavy atom. The molecule has 0 aliphatic carbocycles. The molecule has 0 spiro atoms. The van der Waals surface area contributed by atoms with E-state index in [4.69, 9.17) is 0 Å². The van der Waals surface area contributed by atoms with Crippen LogP contribution in [-0.2, 0) is 26.9 Å². The van der Waals surface area contributed by atoms with Gasteiger partial charge in [0.15, 0.2) is 0 Å². The van der Waals surface area contributed by atoms with Crippen LogP contribution in [-0.4, -0.2) is 34.1 Å². The van der Waals surface area contributed by atoms with Gasteiger partial charge in [-0.15, -0.1) is 0 Å². The maximum Gasteiger partial charge on any atom is 0.232 e. The van der Waals surface area contributed by atoms with Crippen LogP contribution in [0.3, 0.4) is 0 Å². The van der Waals surface area contributed by atoms with Crippen molar-refractivity contribution in [1.82, 2.24) is 5.32 Å². The van der Waals surface area contributed by atoms with Gasteiger partial charge in [0.1, 0.15) is 5.75 Å². The molecule has 5 nitrogen and oxygen atoms in total. The van der Waals surface area contributed by atoms with Crippen molar-refractivity contribution in [2.24, 2.45) is 0 Å². The molecule has 1 saturated heterocycles. The third-order valence-corrected chi connectivity index (χ3v) is 4.77. The number of allylic oxidation sites excluding steroid dienone is 1. The van der Waals surface area contributed by atoms with Crippen molar-refractivity contribution in [1.29, 1.82) is 0 Å². The minimum absolute atomic E-state index is 0.0186. The molecule has 0 saturated carbocycles. The SMILES string of the molecule is CC=CCS(=O)CC(=O)NCc1ccc(N2CCCC2=O)cc1. The lowest BCUT2D eigenvalue weighted by atomic mass is 10.2. The molecular formula is C17H22N2O3S.